The zero-order valence-corrected chi connectivity index (χ0v) is 15.8. The van der Waals surface area contributed by atoms with Crippen molar-refractivity contribution in [3.63, 3.8) is 0 Å². The van der Waals surface area contributed by atoms with Crippen LogP contribution in [0.4, 0.5) is 5.82 Å². The predicted molar refractivity (Wildman–Crippen MR) is 99.8 cm³/mol. The summed E-state index contributed by atoms with van der Waals surface area (Å²) in [5.74, 6) is 2.79. The topological polar surface area (TPSA) is 89.2 Å². The molecule has 0 saturated carbocycles. The van der Waals surface area contributed by atoms with Gasteiger partial charge in [-0.25, -0.2) is 0 Å². The van der Waals surface area contributed by atoms with Gasteiger partial charge in [-0.05, 0) is 19.4 Å². The molecular weight excluding hydrogens is 352 g/mol. The number of aliphatic hydroxyl groups excluding tert-OH is 1. The smallest absolute Gasteiger partial charge is 0.319 e. The lowest BCUT2D eigenvalue weighted by atomic mass is 10.2. The number of anilines is 1. The van der Waals surface area contributed by atoms with Crippen molar-refractivity contribution in [2.75, 3.05) is 24.7 Å². The Bertz CT molecular complexity index is 922. The Morgan fingerprint density at radius 1 is 1.27 bits per heavy atom. The molecule has 0 saturated heterocycles. The van der Waals surface area contributed by atoms with Crippen LogP contribution in [-0.2, 0) is 19.5 Å². The van der Waals surface area contributed by atoms with Gasteiger partial charge in [-0.2, -0.15) is 9.97 Å². The molecule has 1 aliphatic heterocycles. The highest BCUT2D eigenvalue weighted by molar-refractivity contribution is 7.18. The van der Waals surface area contributed by atoms with Gasteiger partial charge >= 0.3 is 6.01 Å². The van der Waals surface area contributed by atoms with Crippen molar-refractivity contribution in [2.45, 2.75) is 39.8 Å². The van der Waals surface area contributed by atoms with E-state index >= 15 is 0 Å². The van der Waals surface area contributed by atoms with Crippen LogP contribution in [0.5, 0.6) is 6.01 Å². The largest absolute Gasteiger partial charge is 0.463 e. The second-order valence-corrected chi connectivity index (χ2v) is 7.39. The molecule has 0 aromatic carbocycles. The Hall–Kier alpha value is -2.26. The maximum absolute atomic E-state index is 8.96. The fourth-order valence-electron chi connectivity index (χ4n) is 3.13. The summed E-state index contributed by atoms with van der Waals surface area (Å²) in [6.45, 7) is 6.96. The number of nitrogens with zero attached hydrogens (tertiary/aromatic N) is 6. The van der Waals surface area contributed by atoms with Gasteiger partial charge in [0.2, 0.25) is 0 Å². The molecule has 0 amide bonds. The van der Waals surface area contributed by atoms with E-state index in [-0.39, 0.29) is 6.61 Å². The molecular formula is C17H22N6O2S. The van der Waals surface area contributed by atoms with Crippen LogP contribution in [0.15, 0.2) is 6.07 Å². The zero-order valence-electron chi connectivity index (χ0n) is 15.0. The Labute approximate surface area is 155 Å². The maximum Gasteiger partial charge on any atom is 0.319 e. The van der Waals surface area contributed by atoms with Gasteiger partial charge in [0.05, 0.1) is 18.5 Å². The fraction of sp³-hybridized carbons (Fsp3) is 0.529. The van der Waals surface area contributed by atoms with Crippen LogP contribution in [0.2, 0.25) is 0 Å². The van der Waals surface area contributed by atoms with Gasteiger partial charge in [0.25, 0.3) is 0 Å². The van der Waals surface area contributed by atoms with Crippen molar-refractivity contribution < 1.29 is 9.84 Å². The number of hydrogen-bond acceptors (Lipinski definition) is 8. The van der Waals surface area contributed by atoms with E-state index in [2.05, 4.69) is 42.6 Å². The Morgan fingerprint density at radius 3 is 2.96 bits per heavy atom. The lowest BCUT2D eigenvalue weighted by Crippen LogP contribution is -2.34. The highest BCUT2D eigenvalue weighted by Crippen LogP contribution is 2.34. The van der Waals surface area contributed by atoms with Crippen molar-refractivity contribution >= 4 is 27.4 Å². The number of rotatable bonds is 6. The van der Waals surface area contributed by atoms with Crippen LogP contribution in [0.1, 0.15) is 29.9 Å². The van der Waals surface area contributed by atoms with Crippen molar-refractivity contribution in [1.82, 2.24) is 24.7 Å². The van der Waals surface area contributed by atoms with E-state index in [9.17, 15) is 0 Å². The van der Waals surface area contributed by atoms with Gasteiger partial charge in [-0.1, -0.05) is 6.92 Å². The minimum atomic E-state index is 0.0925. The molecule has 3 aromatic heterocycles. The maximum atomic E-state index is 8.96. The molecule has 0 aliphatic carbocycles. The normalized spacial score (nSPS) is 14.0. The third-order valence-electron chi connectivity index (χ3n) is 4.52. The molecule has 0 fully saturated rings. The number of ether oxygens (including phenoxy) is 1. The number of aliphatic hydroxyl groups is 1. The Kier molecular flexibility index (Phi) is 4.73. The molecule has 0 radical (unpaired) electrons. The molecule has 0 unspecified atom stereocenters. The zero-order chi connectivity index (χ0) is 18.1. The summed E-state index contributed by atoms with van der Waals surface area (Å²) < 4.78 is 7.82. The van der Waals surface area contributed by atoms with Crippen molar-refractivity contribution in [1.29, 1.82) is 0 Å². The number of aromatic nitrogens is 5. The van der Waals surface area contributed by atoms with Gasteiger partial charge < -0.3 is 19.3 Å². The van der Waals surface area contributed by atoms with Crippen LogP contribution in [0.3, 0.4) is 0 Å². The van der Waals surface area contributed by atoms with Crippen LogP contribution in [0.25, 0.3) is 10.2 Å². The van der Waals surface area contributed by atoms with Gasteiger partial charge in [0, 0.05) is 31.0 Å². The lowest BCUT2D eigenvalue weighted by molar-refractivity contribution is 0.225. The quantitative estimate of drug-likeness (QED) is 0.660. The molecule has 8 nitrogen and oxygen atoms in total. The molecule has 9 heteroatoms. The molecule has 4 heterocycles. The molecule has 26 heavy (non-hydrogen) atoms. The second kappa shape index (κ2) is 7.16. The van der Waals surface area contributed by atoms with E-state index in [4.69, 9.17) is 9.84 Å². The Morgan fingerprint density at radius 2 is 2.15 bits per heavy atom. The lowest BCUT2D eigenvalue weighted by Gasteiger charge is -2.29. The van der Waals surface area contributed by atoms with Crippen LogP contribution >= 0.6 is 11.3 Å². The minimum Gasteiger partial charge on any atom is -0.463 e. The predicted octanol–water partition coefficient (Wildman–Crippen LogP) is 1.94. The molecule has 0 spiro atoms. The standard InChI is InChI=1S/C17H22N6O2S/c1-3-12-9-13-15(18-17(19-16(13)26-12)25-8-4-7-24)22-5-6-23-11(2)20-21-14(23)10-22/h9,24H,3-8,10H2,1-2H3. The van der Waals surface area contributed by atoms with E-state index in [1.54, 1.807) is 11.3 Å². The van der Waals surface area contributed by atoms with Gasteiger partial charge in [-0.15, -0.1) is 21.5 Å². The molecule has 138 valence electrons. The molecule has 1 N–H and O–H groups in total. The Balaban J connectivity index is 1.71. The van der Waals surface area contributed by atoms with E-state index < -0.39 is 0 Å². The average Bonchev–Trinajstić information content (AvgIpc) is 3.24. The molecule has 3 aromatic rings. The molecule has 0 atom stereocenters. The minimum absolute atomic E-state index is 0.0925. The van der Waals surface area contributed by atoms with E-state index in [0.717, 1.165) is 47.2 Å². The second-order valence-electron chi connectivity index (χ2n) is 6.28. The average molecular weight is 374 g/mol. The molecule has 1 aliphatic rings. The first kappa shape index (κ1) is 17.2. The van der Waals surface area contributed by atoms with E-state index in [1.807, 2.05) is 6.92 Å². The fourth-order valence-corrected chi connectivity index (χ4v) is 4.08. The third-order valence-corrected chi connectivity index (χ3v) is 5.70. The summed E-state index contributed by atoms with van der Waals surface area (Å²) in [6.07, 6.45) is 1.53. The first-order valence-corrected chi connectivity index (χ1v) is 9.69. The molecule has 4 rings (SSSR count). The number of aryl methyl sites for hydroxylation is 2. The SMILES string of the molecule is CCc1cc2c(N3CCn4c(C)nnc4C3)nc(OCCCO)nc2s1. The first-order valence-electron chi connectivity index (χ1n) is 8.87. The number of hydrogen-bond donors (Lipinski definition) is 1. The summed E-state index contributed by atoms with van der Waals surface area (Å²) in [4.78, 5) is 13.7. The van der Waals surface area contributed by atoms with Gasteiger partial charge in [0.1, 0.15) is 16.5 Å². The number of thiophene rings is 1. The first-order chi connectivity index (χ1) is 12.7. The summed E-state index contributed by atoms with van der Waals surface area (Å²) in [5.41, 5.74) is 0. The summed E-state index contributed by atoms with van der Waals surface area (Å²) >= 11 is 1.68. The third kappa shape index (κ3) is 3.12. The summed E-state index contributed by atoms with van der Waals surface area (Å²) in [6, 6.07) is 2.55. The van der Waals surface area contributed by atoms with Gasteiger partial charge in [-0.3, -0.25) is 0 Å². The summed E-state index contributed by atoms with van der Waals surface area (Å²) in [7, 11) is 0. The van der Waals surface area contributed by atoms with Crippen molar-refractivity contribution in [3.05, 3.63) is 22.6 Å². The number of fused-ring (bicyclic) bond motifs is 2. The molecule has 0 bridgehead atoms. The highest BCUT2D eigenvalue weighted by Gasteiger charge is 2.24. The van der Waals surface area contributed by atoms with Crippen LogP contribution < -0.4 is 9.64 Å². The highest BCUT2D eigenvalue weighted by atomic mass is 32.1. The van der Waals surface area contributed by atoms with E-state index in [1.165, 1.54) is 4.88 Å². The van der Waals surface area contributed by atoms with Crippen molar-refractivity contribution in [3.8, 4) is 6.01 Å². The van der Waals surface area contributed by atoms with Gasteiger partial charge in [0.15, 0.2) is 5.82 Å². The monoisotopic (exact) mass is 374 g/mol. The van der Waals surface area contributed by atoms with Crippen LogP contribution in [-0.4, -0.2) is 49.6 Å². The van der Waals surface area contributed by atoms with E-state index in [0.29, 0.717) is 25.6 Å². The van der Waals surface area contributed by atoms with Crippen molar-refractivity contribution in [2.24, 2.45) is 0 Å². The summed E-state index contributed by atoms with van der Waals surface area (Å²) in [5, 5.41) is 18.5. The van der Waals surface area contributed by atoms with Crippen LogP contribution in [0, 0.1) is 6.92 Å².